The summed E-state index contributed by atoms with van der Waals surface area (Å²) in [5.74, 6) is -2.87. The molecule has 0 fully saturated rings. The fraction of sp³-hybridized carbons (Fsp3) is 0.200. The van der Waals surface area contributed by atoms with Gasteiger partial charge in [-0.25, -0.2) is 4.79 Å². The Morgan fingerprint density at radius 3 is 2.45 bits per heavy atom. The normalized spacial score (nSPS) is 21.8. The Morgan fingerprint density at radius 1 is 1.36 bits per heavy atom. The monoisotopic (exact) mass is 318 g/mol. The Hall–Kier alpha value is -2.65. The maximum Gasteiger partial charge on any atom is 0.349 e. The molecule has 22 heavy (non-hydrogen) atoms. The van der Waals surface area contributed by atoms with Crippen molar-refractivity contribution in [3.05, 3.63) is 41.0 Å². The summed E-state index contributed by atoms with van der Waals surface area (Å²) < 4.78 is 4.79. The van der Waals surface area contributed by atoms with Crippen molar-refractivity contribution in [2.75, 3.05) is 6.61 Å². The number of carbonyl (C=O) groups excluding carboxylic acids is 3. The summed E-state index contributed by atoms with van der Waals surface area (Å²) in [5.41, 5.74) is 4.90. The fourth-order valence-electron chi connectivity index (χ4n) is 2.33. The lowest BCUT2D eigenvalue weighted by molar-refractivity contribution is -0.137. The number of ether oxygens (including phenoxy) is 1. The van der Waals surface area contributed by atoms with E-state index in [-0.39, 0.29) is 23.3 Å². The molecule has 1 aromatic carbocycles. The number of hydrogen-bond donors (Lipinski definition) is 1. The van der Waals surface area contributed by atoms with Gasteiger partial charge in [-0.1, -0.05) is 35.9 Å². The maximum absolute atomic E-state index is 12.4. The topological polar surface area (TPSA) is 110 Å². The van der Waals surface area contributed by atoms with Gasteiger partial charge in [0.25, 0.3) is 5.91 Å². The summed E-state index contributed by atoms with van der Waals surface area (Å²) in [6.07, 6.45) is 0. The van der Waals surface area contributed by atoms with Crippen LogP contribution in [0, 0.1) is 11.3 Å². The van der Waals surface area contributed by atoms with Gasteiger partial charge in [-0.05, 0) is 12.5 Å². The van der Waals surface area contributed by atoms with Gasteiger partial charge >= 0.3 is 5.97 Å². The molecule has 2 N–H and O–H groups in total. The molecular formula is C15H11ClN2O4. The molecule has 0 saturated carbocycles. The maximum atomic E-state index is 12.4. The van der Waals surface area contributed by atoms with Crippen LogP contribution in [-0.2, 0) is 14.3 Å². The summed E-state index contributed by atoms with van der Waals surface area (Å²) in [7, 11) is 0. The average molecular weight is 319 g/mol. The largest absolute Gasteiger partial charge is 0.462 e. The first kappa shape index (κ1) is 15.7. The second-order valence-electron chi connectivity index (χ2n) is 4.48. The number of hydrogen-bond acceptors (Lipinski definition) is 5. The van der Waals surface area contributed by atoms with Gasteiger partial charge in [0.05, 0.1) is 6.61 Å². The number of rotatable bonds is 3. The van der Waals surface area contributed by atoms with Crippen molar-refractivity contribution in [2.45, 2.75) is 11.8 Å². The quantitative estimate of drug-likeness (QED) is 0.296. The van der Waals surface area contributed by atoms with Gasteiger partial charge in [0.1, 0.15) is 11.6 Å². The van der Waals surface area contributed by atoms with Crippen molar-refractivity contribution in [3.8, 4) is 6.07 Å². The number of nitriles is 1. The number of nitrogens with zero attached hydrogens (tertiary/aromatic N) is 1. The Morgan fingerprint density at radius 2 is 1.95 bits per heavy atom. The van der Waals surface area contributed by atoms with Crippen LogP contribution in [0.4, 0.5) is 0 Å². The molecular weight excluding hydrogens is 308 g/mol. The second-order valence-corrected chi connectivity index (χ2v) is 5.05. The van der Waals surface area contributed by atoms with Crippen molar-refractivity contribution in [1.82, 2.24) is 0 Å². The minimum atomic E-state index is -2.29. The van der Waals surface area contributed by atoms with Crippen LogP contribution in [0.25, 0.3) is 5.57 Å². The first-order chi connectivity index (χ1) is 10.4. The average Bonchev–Trinajstić information content (AvgIpc) is 2.72. The van der Waals surface area contributed by atoms with Crippen molar-refractivity contribution >= 4 is 34.8 Å². The van der Waals surface area contributed by atoms with E-state index in [1.807, 2.05) is 0 Å². The van der Waals surface area contributed by atoms with E-state index < -0.39 is 28.1 Å². The summed E-state index contributed by atoms with van der Waals surface area (Å²) in [5, 5.41) is 9.28. The Balaban J connectivity index is 2.85. The zero-order valence-corrected chi connectivity index (χ0v) is 12.3. The molecule has 0 unspecified atom stereocenters. The van der Waals surface area contributed by atoms with E-state index in [1.165, 1.54) is 12.1 Å². The number of fused-ring (bicyclic) bond motifs is 1. The SMILES string of the molecule is CCOC(=O)/C(C#N)=C1/c2ccccc2C(=O)[C@@]1(Cl)C(N)=O. The molecule has 1 atom stereocenters. The number of Topliss-reactive ketones (excluding diaryl/α,β-unsaturated/α-hetero) is 1. The summed E-state index contributed by atoms with van der Waals surface area (Å²) in [6.45, 7) is 1.59. The third-order valence-electron chi connectivity index (χ3n) is 3.28. The molecule has 6 nitrogen and oxygen atoms in total. The van der Waals surface area contributed by atoms with Crippen molar-refractivity contribution in [2.24, 2.45) is 5.73 Å². The zero-order chi connectivity index (χ0) is 16.5. The van der Waals surface area contributed by atoms with E-state index in [9.17, 15) is 19.6 Å². The molecule has 0 aromatic heterocycles. The third-order valence-corrected chi connectivity index (χ3v) is 3.83. The van der Waals surface area contributed by atoms with Crippen LogP contribution in [0.2, 0.25) is 0 Å². The summed E-state index contributed by atoms with van der Waals surface area (Å²) in [4.78, 5) is 33.9. The summed E-state index contributed by atoms with van der Waals surface area (Å²) in [6, 6.07) is 7.77. The number of esters is 1. The van der Waals surface area contributed by atoms with Gasteiger partial charge in [0.2, 0.25) is 4.87 Å². The first-order valence-corrected chi connectivity index (χ1v) is 6.72. The second kappa shape index (κ2) is 5.62. The van der Waals surface area contributed by atoms with Crippen molar-refractivity contribution in [1.29, 1.82) is 5.26 Å². The van der Waals surface area contributed by atoms with E-state index in [0.717, 1.165) is 0 Å². The van der Waals surface area contributed by atoms with Crippen LogP contribution in [0.15, 0.2) is 29.8 Å². The lowest BCUT2D eigenvalue weighted by atomic mass is 9.92. The minimum Gasteiger partial charge on any atom is -0.462 e. The number of primary amides is 1. The predicted octanol–water partition coefficient (Wildman–Crippen LogP) is 1.19. The Kier molecular flexibility index (Phi) is 4.02. The third kappa shape index (κ3) is 2.07. The number of alkyl halides is 1. The molecule has 0 radical (unpaired) electrons. The molecule has 1 amide bonds. The smallest absolute Gasteiger partial charge is 0.349 e. The number of nitrogens with two attached hydrogens (primary N) is 1. The highest BCUT2D eigenvalue weighted by molar-refractivity contribution is 6.58. The van der Waals surface area contributed by atoms with Crippen LogP contribution < -0.4 is 5.73 Å². The van der Waals surface area contributed by atoms with Gasteiger partial charge < -0.3 is 10.5 Å². The molecule has 0 spiro atoms. The molecule has 0 bridgehead atoms. The lowest BCUT2D eigenvalue weighted by Crippen LogP contribution is -2.44. The van der Waals surface area contributed by atoms with Crippen LogP contribution in [0.5, 0.6) is 0 Å². The Labute approximate surface area is 131 Å². The first-order valence-electron chi connectivity index (χ1n) is 6.34. The highest BCUT2D eigenvalue weighted by Crippen LogP contribution is 2.46. The van der Waals surface area contributed by atoms with Crippen LogP contribution in [0.3, 0.4) is 0 Å². The highest BCUT2D eigenvalue weighted by Gasteiger charge is 2.55. The number of ketones is 1. The minimum absolute atomic E-state index is 0.0265. The standard InChI is InChI=1S/C15H11ClN2O4/c1-2-22-13(20)10(7-17)11-8-5-3-4-6-9(8)12(19)15(11,16)14(18)21/h3-6H,2H2,1H3,(H2,18,21)/b11-10-/t15-/m1/s1. The van der Waals surface area contributed by atoms with E-state index in [2.05, 4.69) is 0 Å². The molecule has 1 aliphatic carbocycles. The van der Waals surface area contributed by atoms with Crippen LogP contribution >= 0.6 is 11.6 Å². The highest BCUT2D eigenvalue weighted by atomic mass is 35.5. The van der Waals surface area contributed by atoms with E-state index in [4.69, 9.17) is 22.1 Å². The molecule has 1 aliphatic rings. The van der Waals surface area contributed by atoms with Gasteiger partial charge in [-0.2, -0.15) is 5.26 Å². The number of carbonyl (C=O) groups is 3. The number of halogens is 1. The van der Waals surface area contributed by atoms with Crippen molar-refractivity contribution in [3.63, 3.8) is 0 Å². The number of benzene rings is 1. The number of amides is 1. The molecule has 0 heterocycles. The summed E-state index contributed by atoms with van der Waals surface area (Å²) >= 11 is 6.16. The van der Waals surface area contributed by atoms with E-state index in [1.54, 1.807) is 25.1 Å². The van der Waals surface area contributed by atoms with Crippen molar-refractivity contribution < 1.29 is 19.1 Å². The molecule has 2 rings (SSSR count). The van der Waals surface area contributed by atoms with E-state index in [0.29, 0.717) is 0 Å². The molecule has 0 saturated heterocycles. The van der Waals surface area contributed by atoms with Gasteiger partial charge in [0, 0.05) is 11.1 Å². The molecule has 0 aliphatic heterocycles. The Bertz CT molecular complexity index is 763. The van der Waals surface area contributed by atoms with Crippen LogP contribution in [0.1, 0.15) is 22.8 Å². The van der Waals surface area contributed by atoms with Gasteiger partial charge in [0.15, 0.2) is 5.78 Å². The fourth-order valence-corrected chi connectivity index (χ4v) is 2.63. The molecule has 7 heteroatoms. The predicted molar refractivity (Wildman–Crippen MR) is 77.7 cm³/mol. The molecule has 112 valence electrons. The van der Waals surface area contributed by atoms with Crippen LogP contribution in [-0.4, -0.2) is 29.1 Å². The molecule has 1 aromatic rings. The van der Waals surface area contributed by atoms with Gasteiger partial charge in [-0.15, -0.1) is 0 Å². The van der Waals surface area contributed by atoms with E-state index >= 15 is 0 Å². The lowest BCUT2D eigenvalue weighted by Gasteiger charge is -2.18. The zero-order valence-electron chi connectivity index (χ0n) is 11.6. The van der Waals surface area contributed by atoms with Gasteiger partial charge in [-0.3, -0.25) is 9.59 Å².